The molecule has 4 heterocycles. The van der Waals surface area contributed by atoms with Crippen molar-refractivity contribution < 1.29 is 17.7 Å². The quantitative estimate of drug-likeness (QED) is 0.162. The molecule has 0 N–H and O–H groups in total. The first kappa shape index (κ1) is 30.7. The molecule has 4 aliphatic heterocycles. The molecule has 0 atom stereocenters. The van der Waals surface area contributed by atoms with Crippen molar-refractivity contribution in [2.24, 2.45) is 0 Å². The van der Waals surface area contributed by atoms with Crippen molar-refractivity contribution in [1.82, 2.24) is 0 Å². The van der Waals surface area contributed by atoms with Crippen LogP contribution in [0.4, 0.5) is 0 Å². The van der Waals surface area contributed by atoms with E-state index in [1.807, 2.05) is 24.3 Å². The average Bonchev–Trinajstić information content (AvgIpc) is 3.50. The summed E-state index contributed by atoms with van der Waals surface area (Å²) in [6.07, 6.45) is 0. The summed E-state index contributed by atoms with van der Waals surface area (Å²) in [6.45, 7) is 0. The minimum atomic E-state index is -0.621. The summed E-state index contributed by atoms with van der Waals surface area (Å²) in [5.41, 5.74) is 1.33. The van der Waals surface area contributed by atoms with Gasteiger partial charge < -0.3 is 17.7 Å². The molecule has 0 unspecified atom stereocenters. The van der Waals surface area contributed by atoms with E-state index in [0.717, 1.165) is 0 Å². The molecule has 1 aromatic carbocycles. The number of furan rings is 4. The summed E-state index contributed by atoms with van der Waals surface area (Å²) in [7, 11) is 0. The number of fused-ring (bicyclic) bond motifs is 4. The molecule has 0 saturated carbocycles. The lowest BCUT2D eigenvalue weighted by Gasteiger charge is -2.12. The molecule has 0 radical (unpaired) electrons. The van der Waals surface area contributed by atoms with Crippen LogP contribution >= 0.6 is 0 Å². The van der Waals surface area contributed by atoms with Gasteiger partial charge in [0.25, 0.3) is 0 Å². The Morgan fingerprint density at radius 3 is 0.769 bits per heavy atom. The highest BCUT2D eigenvalue weighted by Gasteiger charge is 2.42. The molecule has 1 aromatic rings. The van der Waals surface area contributed by atoms with E-state index in [9.17, 15) is 19.2 Å². The van der Waals surface area contributed by atoms with Crippen molar-refractivity contribution >= 4 is 0 Å². The van der Waals surface area contributed by atoms with Gasteiger partial charge in [-0.1, -0.05) is 72.8 Å². The Labute approximate surface area is 294 Å². The molecule has 8 heteroatoms. The molecule has 246 valence electrons. The third-order valence-electron chi connectivity index (χ3n) is 9.16. The first-order valence-electron chi connectivity index (χ1n) is 16.4. The first-order chi connectivity index (χ1) is 25.5. The maximum absolute atomic E-state index is 13.7. The lowest BCUT2D eigenvalue weighted by molar-refractivity contribution is 0.538. The van der Waals surface area contributed by atoms with E-state index in [2.05, 4.69) is 0 Å². The van der Waals surface area contributed by atoms with E-state index in [1.54, 1.807) is 121 Å². The van der Waals surface area contributed by atoms with Crippen LogP contribution in [-0.2, 0) is 0 Å². The minimum Gasteiger partial charge on any atom is -0.390 e. The molecule has 0 amide bonds. The monoisotopic (exact) mass is 680 g/mol. The van der Waals surface area contributed by atoms with Gasteiger partial charge in [-0.05, 0) is 48.5 Å². The molecular formula is C44H24O8+2. The molecule has 9 rings (SSSR count). The number of benzene rings is 1. The van der Waals surface area contributed by atoms with Gasteiger partial charge in [0.05, 0.1) is 45.2 Å². The molecule has 4 aliphatic carbocycles. The standard InChI is InChI=1S/C44H24O8/c45-41-37(27-13-5-1-9-17-31(27)49-41)35(38-28-14-6-2-10-18-32(28)50-42(38)46)25-21-23-26(24-22-25)36(39-29-15-7-3-11-19-33(29)51-43(39)47)40-30-16-8-4-12-20-34(30)52-44(40)48/h1-24H/q+2. The summed E-state index contributed by atoms with van der Waals surface area (Å²) in [5.74, 6) is 2.04. The summed E-state index contributed by atoms with van der Waals surface area (Å²) < 4.78 is 22.8. The maximum Gasteiger partial charge on any atom is 0.394 e. The summed E-state index contributed by atoms with van der Waals surface area (Å²) >= 11 is 0. The Kier molecular flexibility index (Phi) is 7.22. The van der Waals surface area contributed by atoms with Gasteiger partial charge in [0.2, 0.25) is 0 Å². The smallest absolute Gasteiger partial charge is 0.390 e. The highest BCUT2D eigenvalue weighted by Crippen LogP contribution is 2.43. The Morgan fingerprint density at radius 2 is 0.519 bits per heavy atom. The molecule has 0 aromatic heterocycles. The SMILES string of the molecule is O=c1oc2cccccc-2c1[C+](c1ccc([C+](c2c3cccccc-3oc2=O)c2c3cccccc-3oc2=O)cc1)c1c2cccccc-2oc1=O. The highest BCUT2D eigenvalue weighted by molar-refractivity contribution is 5.80. The van der Waals surface area contributed by atoms with Crippen LogP contribution in [0.15, 0.2) is 182 Å². The van der Waals surface area contributed by atoms with E-state index < -0.39 is 22.5 Å². The van der Waals surface area contributed by atoms with Crippen LogP contribution in [0.1, 0.15) is 33.4 Å². The Bertz CT molecular complexity index is 2490. The Balaban J connectivity index is 1.29. The number of hydrogen-bond acceptors (Lipinski definition) is 8. The Hall–Kier alpha value is -7.32. The Morgan fingerprint density at radius 1 is 0.288 bits per heavy atom. The molecule has 52 heavy (non-hydrogen) atoms. The van der Waals surface area contributed by atoms with E-state index in [0.29, 0.717) is 68.3 Å². The molecule has 8 aliphatic rings. The molecule has 0 bridgehead atoms. The van der Waals surface area contributed by atoms with Crippen molar-refractivity contribution in [1.29, 1.82) is 0 Å². The summed E-state index contributed by atoms with van der Waals surface area (Å²) in [5, 5.41) is 0. The predicted octanol–water partition coefficient (Wildman–Crippen LogP) is 7.96. The molecule has 0 spiro atoms. The van der Waals surface area contributed by atoms with Gasteiger partial charge in [0.1, 0.15) is 0 Å². The fourth-order valence-electron chi connectivity index (χ4n) is 6.93. The molecule has 8 nitrogen and oxygen atoms in total. The van der Waals surface area contributed by atoms with Crippen LogP contribution in [0.25, 0.3) is 45.3 Å². The normalized spacial score (nSPS) is 11.4. The van der Waals surface area contributed by atoms with Crippen LogP contribution < -0.4 is 22.5 Å². The van der Waals surface area contributed by atoms with Gasteiger partial charge in [-0.15, -0.1) is 0 Å². The zero-order chi connectivity index (χ0) is 35.3. The van der Waals surface area contributed by atoms with Gasteiger partial charge >= 0.3 is 22.5 Å². The minimum absolute atomic E-state index is 0.194. The topological polar surface area (TPSA) is 121 Å². The second-order valence-electron chi connectivity index (χ2n) is 12.1. The largest absolute Gasteiger partial charge is 0.394 e. The van der Waals surface area contributed by atoms with Crippen LogP contribution in [0, 0.1) is 11.8 Å². The zero-order valence-electron chi connectivity index (χ0n) is 27.1. The maximum atomic E-state index is 13.7. The van der Waals surface area contributed by atoms with E-state index in [1.165, 1.54) is 0 Å². The van der Waals surface area contributed by atoms with Crippen molar-refractivity contribution in [3.8, 4) is 45.3 Å². The summed E-state index contributed by atoms with van der Waals surface area (Å²) in [4.78, 5) is 54.8. The van der Waals surface area contributed by atoms with Gasteiger partial charge in [-0.2, -0.15) is 0 Å². The molecule has 0 fully saturated rings. The third kappa shape index (κ3) is 4.93. The van der Waals surface area contributed by atoms with Crippen LogP contribution in [0.2, 0.25) is 0 Å². The van der Waals surface area contributed by atoms with Crippen LogP contribution in [0.3, 0.4) is 0 Å². The van der Waals surface area contributed by atoms with Crippen molar-refractivity contribution in [2.45, 2.75) is 0 Å². The van der Waals surface area contributed by atoms with Crippen LogP contribution in [-0.4, -0.2) is 0 Å². The molecular weight excluding hydrogens is 656 g/mol. The predicted molar refractivity (Wildman–Crippen MR) is 194 cm³/mol. The highest BCUT2D eigenvalue weighted by atomic mass is 16.4. The van der Waals surface area contributed by atoms with Crippen molar-refractivity contribution in [3.63, 3.8) is 0 Å². The van der Waals surface area contributed by atoms with Crippen molar-refractivity contribution in [3.05, 3.63) is 232 Å². The van der Waals surface area contributed by atoms with Gasteiger partial charge in [0, 0.05) is 24.3 Å². The fraction of sp³-hybridized carbons (Fsp3) is 0. The van der Waals surface area contributed by atoms with E-state index >= 15 is 0 Å². The zero-order valence-corrected chi connectivity index (χ0v) is 27.1. The number of hydrogen-bond donors (Lipinski definition) is 0. The molecule has 0 saturated heterocycles. The lowest BCUT2D eigenvalue weighted by Crippen LogP contribution is -2.19. The van der Waals surface area contributed by atoms with Crippen LogP contribution in [0.5, 0.6) is 0 Å². The second kappa shape index (κ2) is 12.2. The lowest BCUT2D eigenvalue weighted by atomic mass is 9.80. The number of rotatable bonds is 6. The average molecular weight is 681 g/mol. The van der Waals surface area contributed by atoms with Gasteiger partial charge in [-0.25, -0.2) is 19.2 Å². The third-order valence-corrected chi connectivity index (χ3v) is 9.16. The van der Waals surface area contributed by atoms with Crippen molar-refractivity contribution in [2.75, 3.05) is 0 Å². The van der Waals surface area contributed by atoms with Gasteiger partial charge in [0.15, 0.2) is 45.3 Å². The van der Waals surface area contributed by atoms with E-state index in [4.69, 9.17) is 17.7 Å². The van der Waals surface area contributed by atoms with E-state index in [-0.39, 0.29) is 22.3 Å². The fourth-order valence-corrected chi connectivity index (χ4v) is 6.93. The summed E-state index contributed by atoms with van der Waals surface area (Å²) in [6, 6.07) is 42.3. The second-order valence-corrected chi connectivity index (χ2v) is 12.1. The van der Waals surface area contributed by atoms with Gasteiger partial charge in [-0.3, -0.25) is 0 Å². The first-order valence-corrected chi connectivity index (χ1v) is 16.4.